The lowest BCUT2D eigenvalue weighted by Gasteiger charge is -2.01. The van der Waals surface area contributed by atoms with Gasteiger partial charge in [-0.15, -0.1) is 10.2 Å². The smallest absolute Gasteiger partial charge is 0.279 e. The molecule has 0 spiro atoms. The summed E-state index contributed by atoms with van der Waals surface area (Å²) >= 11 is 1.32. The summed E-state index contributed by atoms with van der Waals surface area (Å²) in [6.07, 6.45) is 3.34. The number of amides is 1. The second-order valence-corrected chi connectivity index (χ2v) is 4.77. The van der Waals surface area contributed by atoms with Gasteiger partial charge in [-0.1, -0.05) is 11.3 Å². The molecule has 0 bridgehead atoms. The molecule has 1 fully saturated rings. The van der Waals surface area contributed by atoms with E-state index < -0.39 is 0 Å². The molecular formula is C9H10N6O2S. The van der Waals surface area contributed by atoms with E-state index in [9.17, 15) is 4.79 Å². The number of H-pyrrole nitrogens is 1. The summed E-state index contributed by atoms with van der Waals surface area (Å²) < 4.78 is 5.50. The van der Waals surface area contributed by atoms with E-state index in [-0.39, 0.29) is 17.7 Å². The van der Waals surface area contributed by atoms with Crippen LogP contribution in [0.5, 0.6) is 0 Å². The molecule has 18 heavy (non-hydrogen) atoms. The molecule has 2 aromatic heterocycles. The summed E-state index contributed by atoms with van der Waals surface area (Å²) in [7, 11) is 0. The van der Waals surface area contributed by atoms with Gasteiger partial charge in [0, 0.05) is 6.61 Å². The van der Waals surface area contributed by atoms with Gasteiger partial charge in [0.2, 0.25) is 5.13 Å². The summed E-state index contributed by atoms with van der Waals surface area (Å²) in [5, 5.41) is 21.4. The summed E-state index contributed by atoms with van der Waals surface area (Å²) in [4.78, 5) is 11.7. The van der Waals surface area contributed by atoms with Gasteiger partial charge in [-0.25, -0.2) is 0 Å². The maximum atomic E-state index is 11.7. The van der Waals surface area contributed by atoms with Gasteiger partial charge in [-0.05, 0) is 12.8 Å². The molecule has 1 saturated heterocycles. The Bertz CT molecular complexity index is 533. The van der Waals surface area contributed by atoms with Crippen LogP contribution in [-0.4, -0.2) is 38.1 Å². The van der Waals surface area contributed by atoms with Gasteiger partial charge in [0.1, 0.15) is 11.1 Å². The van der Waals surface area contributed by atoms with Crippen molar-refractivity contribution in [3.8, 4) is 0 Å². The third-order valence-electron chi connectivity index (χ3n) is 2.51. The lowest BCUT2D eigenvalue weighted by atomic mass is 10.2. The first-order valence-corrected chi connectivity index (χ1v) is 6.27. The summed E-state index contributed by atoms with van der Waals surface area (Å²) in [5.74, 6) is -0.362. The summed E-state index contributed by atoms with van der Waals surface area (Å²) in [6, 6.07) is 0. The molecule has 94 valence electrons. The maximum Gasteiger partial charge on any atom is 0.279 e. The number of hydrogen-bond acceptors (Lipinski definition) is 7. The molecule has 1 atom stereocenters. The Balaban J connectivity index is 1.68. The number of aromatic amines is 1. The van der Waals surface area contributed by atoms with Gasteiger partial charge >= 0.3 is 0 Å². The molecule has 0 saturated carbocycles. The first-order chi connectivity index (χ1) is 8.83. The zero-order chi connectivity index (χ0) is 12.4. The van der Waals surface area contributed by atoms with E-state index in [1.54, 1.807) is 0 Å². The van der Waals surface area contributed by atoms with E-state index in [2.05, 4.69) is 30.9 Å². The molecule has 2 N–H and O–H groups in total. The number of aromatic nitrogens is 5. The highest BCUT2D eigenvalue weighted by atomic mass is 32.1. The van der Waals surface area contributed by atoms with Crippen LogP contribution in [0.3, 0.4) is 0 Å². The lowest BCUT2D eigenvalue weighted by Crippen LogP contribution is -2.12. The van der Waals surface area contributed by atoms with Crippen molar-refractivity contribution in [1.29, 1.82) is 0 Å². The lowest BCUT2D eigenvalue weighted by molar-refractivity contribution is 0.102. The number of hydrogen-bond donors (Lipinski definition) is 2. The minimum atomic E-state index is -0.362. The zero-order valence-corrected chi connectivity index (χ0v) is 10.1. The quantitative estimate of drug-likeness (QED) is 0.849. The largest absolute Gasteiger partial charge is 0.371 e. The number of nitrogens with zero attached hydrogens (tertiary/aromatic N) is 4. The number of rotatable bonds is 3. The van der Waals surface area contributed by atoms with Gasteiger partial charge in [-0.2, -0.15) is 15.4 Å². The standard InChI is InChI=1S/C9H10N6O2S/c16-7(5-4-10-15-12-5)11-9-14-13-8(18-9)6-2-1-3-17-6/h4,6H,1-3H2,(H,10,12,15)(H,11,14,16). The predicted octanol–water partition coefficient (Wildman–Crippen LogP) is 0.760. The second kappa shape index (κ2) is 4.78. The molecular weight excluding hydrogens is 256 g/mol. The van der Waals surface area contributed by atoms with Crippen LogP contribution in [0.4, 0.5) is 5.13 Å². The van der Waals surface area contributed by atoms with Crippen molar-refractivity contribution in [2.75, 3.05) is 11.9 Å². The van der Waals surface area contributed by atoms with E-state index in [1.807, 2.05) is 0 Å². The third kappa shape index (κ3) is 2.22. The Morgan fingerprint density at radius 3 is 3.22 bits per heavy atom. The Morgan fingerprint density at radius 1 is 1.56 bits per heavy atom. The SMILES string of the molecule is O=C(Nc1nnc(C2CCCO2)s1)c1cn[nH]n1. The van der Waals surface area contributed by atoms with Crippen LogP contribution >= 0.6 is 11.3 Å². The molecule has 8 nitrogen and oxygen atoms in total. The van der Waals surface area contributed by atoms with E-state index in [0.29, 0.717) is 5.13 Å². The minimum Gasteiger partial charge on any atom is -0.371 e. The van der Waals surface area contributed by atoms with Crippen molar-refractivity contribution in [2.24, 2.45) is 0 Å². The Labute approximate surface area is 106 Å². The second-order valence-electron chi connectivity index (χ2n) is 3.76. The Morgan fingerprint density at radius 2 is 2.50 bits per heavy atom. The molecule has 1 aliphatic rings. The predicted molar refractivity (Wildman–Crippen MR) is 62.2 cm³/mol. The number of carbonyl (C=O) groups is 1. The monoisotopic (exact) mass is 266 g/mol. The van der Waals surface area contributed by atoms with Crippen LogP contribution in [0.1, 0.15) is 34.4 Å². The van der Waals surface area contributed by atoms with Crippen LogP contribution in [0.2, 0.25) is 0 Å². The van der Waals surface area contributed by atoms with Crippen molar-refractivity contribution in [1.82, 2.24) is 25.6 Å². The van der Waals surface area contributed by atoms with Crippen LogP contribution in [0, 0.1) is 0 Å². The Hall–Kier alpha value is -1.87. The van der Waals surface area contributed by atoms with E-state index >= 15 is 0 Å². The van der Waals surface area contributed by atoms with Crippen molar-refractivity contribution in [3.05, 3.63) is 16.9 Å². The highest BCUT2D eigenvalue weighted by Crippen LogP contribution is 2.31. The van der Waals surface area contributed by atoms with Crippen molar-refractivity contribution >= 4 is 22.4 Å². The maximum absolute atomic E-state index is 11.7. The summed E-state index contributed by atoms with van der Waals surface area (Å²) in [6.45, 7) is 0.755. The number of anilines is 1. The molecule has 1 amide bonds. The van der Waals surface area contributed by atoms with Gasteiger partial charge < -0.3 is 4.74 Å². The first kappa shape index (κ1) is 11.2. The average molecular weight is 266 g/mol. The average Bonchev–Trinajstić information content (AvgIpc) is 3.12. The van der Waals surface area contributed by atoms with Crippen molar-refractivity contribution in [2.45, 2.75) is 18.9 Å². The highest BCUT2D eigenvalue weighted by Gasteiger charge is 2.22. The van der Waals surface area contributed by atoms with E-state index in [1.165, 1.54) is 17.5 Å². The van der Waals surface area contributed by atoms with Crippen molar-refractivity contribution in [3.63, 3.8) is 0 Å². The fourth-order valence-corrected chi connectivity index (χ4v) is 2.48. The fourth-order valence-electron chi connectivity index (χ4n) is 1.66. The molecule has 9 heteroatoms. The van der Waals surface area contributed by atoms with Gasteiger partial charge in [0.15, 0.2) is 5.69 Å². The van der Waals surface area contributed by atoms with Crippen LogP contribution < -0.4 is 5.32 Å². The van der Waals surface area contributed by atoms with E-state index in [4.69, 9.17) is 4.74 Å². The van der Waals surface area contributed by atoms with Crippen molar-refractivity contribution < 1.29 is 9.53 Å². The number of nitrogens with one attached hydrogen (secondary N) is 2. The molecule has 1 unspecified atom stereocenters. The molecule has 0 aromatic carbocycles. The first-order valence-electron chi connectivity index (χ1n) is 5.45. The minimum absolute atomic E-state index is 0.0141. The highest BCUT2D eigenvalue weighted by molar-refractivity contribution is 7.15. The molecule has 2 aromatic rings. The molecule has 1 aliphatic heterocycles. The topological polar surface area (TPSA) is 106 Å². The third-order valence-corrected chi connectivity index (χ3v) is 3.44. The molecule has 3 heterocycles. The van der Waals surface area contributed by atoms with Crippen LogP contribution in [0.25, 0.3) is 0 Å². The van der Waals surface area contributed by atoms with Gasteiger partial charge in [0.25, 0.3) is 5.91 Å². The van der Waals surface area contributed by atoms with Crippen LogP contribution in [0.15, 0.2) is 6.20 Å². The number of carbonyl (C=O) groups excluding carboxylic acids is 1. The zero-order valence-electron chi connectivity index (χ0n) is 9.29. The Kier molecular flexibility index (Phi) is 2.99. The van der Waals surface area contributed by atoms with Gasteiger partial charge in [0.05, 0.1) is 6.20 Å². The van der Waals surface area contributed by atoms with Gasteiger partial charge in [-0.3, -0.25) is 10.1 Å². The molecule has 0 radical (unpaired) electrons. The normalized spacial score (nSPS) is 19.0. The molecule has 3 rings (SSSR count). The van der Waals surface area contributed by atoms with Crippen LogP contribution in [-0.2, 0) is 4.74 Å². The molecule has 0 aliphatic carbocycles. The van der Waals surface area contributed by atoms with E-state index in [0.717, 1.165) is 24.5 Å². The summed E-state index contributed by atoms with van der Waals surface area (Å²) in [5.41, 5.74) is 0.212. The fraction of sp³-hybridized carbons (Fsp3) is 0.444. The number of ether oxygens (including phenoxy) is 1.